The van der Waals surface area contributed by atoms with Gasteiger partial charge in [-0.25, -0.2) is 0 Å². The van der Waals surface area contributed by atoms with Gasteiger partial charge in [0, 0.05) is 12.7 Å². The summed E-state index contributed by atoms with van der Waals surface area (Å²) in [5, 5.41) is 7.71. The van der Waals surface area contributed by atoms with Crippen molar-refractivity contribution in [3.05, 3.63) is 28.8 Å². The molecule has 18 heavy (non-hydrogen) atoms. The van der Waals surface area contributed by atoms with E-state index in [1.54, 1.807) is 25.3 Å². The van der Waals surface area contributed by atoms with Gasteiger partial charge in [-0.05, 0) is 18.2 Å². The van der Waals surface area contributed by atoms with E-state index in [1.165, 1.54) is 0 Å². The van der Waals surface area contributed by atoms with Crippen LogP contribution in [0.3, 0.4) is 0 Å². The van der Waals surface area contributed by atoms with Gasteiger partial charge in [0.05, 0.1) is 24.8 Å². The lowest BCUT2D eigenvalue weighted by Crippen LogP contribution is -2.12. The number of hydrogen-bond acceptors (Lipinski definition) is 4. The molecule has 3 N–H and O–H groups in total. The van der Waals surface area contributed by atoms with E-state index < -0.39 is 0 Å². The van der Waals surface area contributed by atoms with Crippen molar-refractivity contribution in [1.29, 1.82) is 5.41 Å². The zero-order chi connectivity index (χ0) is 13.4. The van der Waals surface area contributed by atoms with Crippen LogP contribution in [0.25, 0.3) is 0 Å². The van der Waals surface area contributed by atoms with Crippen LogP contribution in [0.15, 0.2) is 18.2 Å². The Morgan fingerprint density at radius 3 is 2.61 bits per heavy atom. The number of methoxy groups -OCH3 is 1. The molecular formula is C12H17ClN2O3. The van der Waals surface area contributed by atoms with Crippen molar-refractivity contribution in [2.45, 2.75) is 0 Å². The maximum absolute atomic E-state index is 7.28. The molecule has 0 unspecified atom stereocenters. The summed E-state index contributed by atoms with van der Waals surface area (Å²) in [7, 11) is 1.62. The summed E-state index contributed by atoms with van der Waals surface area (Å²) in [6, 6.07) is 4.98. The fourth-order valence-corrected chi connectivity index (χ4v) is 1.48. The van der Waals surface area contributed by atoms with Crippen molar-refractivity contribution in [3.63, 3.8) is 0 Å². The summed E-state index contributed by atoms with van der Waals surface area (Å²) in [4.78, 5) is 0. The number of nitrogen functional groups attached to an aromatic ring is 1. The molecule has 1 aromatic carbocycles. The molecule has 0 atom stereocenters. The molecule has 5 nitrogen and oxygen atoms in total. The zero-order valence-corrected chi connectivity index (χ0v) is 11.0. The Balaban J connectivity index is 2.36. The Labute approximate surface area is 111 Å². The topological polar surface area (TPSA) is 77.6 Å². The van der Waals surface area contributed by atoms with E-state index in [2.05, 4.69) is 0 Å². The molecule has 0 spiro atoms. The summed E-state index contributed by atoms with van der Waals surface area (Å²) in [5.41, 5.74) is 5.93. The predicted octanol–water partition coefficient (Wildman–Crippen LogP) is 1.67. The van der Waals surface area contributed by atoms with Crippen molar-refractivity contribution in [3.8, 4) is 5.75 Å². The lowest BCUT2D eigenvalue weighted by atomic mass is 10.2. The van der Waals surface area contributed by atoms with E-state index in [9.17, 15) is 0 Å². The van der Waals surface area contributed by atoms with E-state index in [0.717, 1.165) is 0 Å². The monoisotopic (exact) mass is 272 g/mol. The summed E-state index contributed by atoms with van der Waals surface area (Å²) in [6.07, 6.45) is 0. The maximum atomic E-state index is 7.28. The number of hydrogen-bond donors (Lipinski definition) is 2. The average molecular weight is 273 g/mol. The van der Waals surface area contributed by atoms with E-state index in [-0.39, 0.29) is 5.84 Å². The Kier molecular flexibility index (Phi) is 6.49. The van der Waals surface area contributed by atoms with Crippen LogP contribution in [-0.2, 0) is 9.47 Å². The molecule has 100 valence electrons. The third-order valence-corrected chi connectivity index (χ3v) is 2.46. The first-order chi connectivity index (χ1) is 8.65. The number of amidine groups is 1. The molecule has 0 aliphatic carbocycles. The smallest absolute Gasteiger partial charge is 0.138 e. The Morgan fingerprint density at radius 1 is 1.28 bits per heavy atom. The molecule has 0 aromatic heterocycles. The fourth-order valence-electron chi connectivity index (χ4n) is 1.24. The highest BCUT2D eigenvalue weighted by molar-refractivity contribution is 6.32. The van der Waals surface area contributed by atoms with E-state index in [0.29, 0.717) is 42.8 Å². The highest BCUT2D eigenvalue weighted by Crippen LogP contribution is 2.25. The Morgan fingerprint density at radius 2 is 2.00 bits per heavy atom. The molecule has 0 aliphatic heterocycles. The zero-order valence-electron chi connectivity index (χ0n) is 10.2. The van der Waals surface area contributed by atoms with Gasteiger partial charge in [-0.1, -0.05) is 11.6 Å². The van der Waals surface area contributed by atoms with Gasteiger partial charge in [0.15, 0.2) is 0 Å². The first-order valence-electron chi connectivity index (χ1n) is 5.48. The van der Waals surface area contributed by atoms with Crippen molar-refractivity contribution in [2.75, 3.05) is 33.5 Å². The fraction of sp³-hybridized carbons (Fsp3) is 0.417. The van der Waals surface area contributed by atoms with Gasteiger partial charge in [0.1, 0.15) is 18.2 Å². The van der Waals surface area contributed by atoms with Gasteiger partial charge in [-0.3, -0.25) is 5.41 Å². The second kappa shape index (κ2) is 7.92. The number of nitrogens with one attached hydrogen (secondary N) is 1. The predicted molar refractivity (Wildman–Crippen MR) is 70.7 cm³/mol. The molecule has 0 fully saturated rings. The third kappa shape index (κ3) is 4.91. The first kappa shape index (κ1) is 14.8. The molecule has 0 heterocycles. The van der Waals surface area contributed by atoms with Crippen LogP contribution < -0.4 is 10.5 Å². The maximum Gasteiger partial charge on any atom is 0.138 e. The van der Waals surface area contributed by atoms with Crippen molar-refractivity contribution in [1.82, 2.24) is 0 Å². The second-order valence-corrected chi connectivity index (χ2v) is 3.92. The van der Waals surface area contributed by atoms with E-state index in [4.69, 9.17) is 37.0 Å². The summed E-state index contributed by atoms with van der Waals surface area (Å²) < 4.78 is 15.5. The van der Waals surface area contributed by atoms with Crippen LogP contribution in [0.1, 0.15) is 5.56 Å². The van der Waals surface area contributed by atoms with Crippen LogP contribution in [0.2, 0.25) is 5.02 Å². The molecule has 0 bridgehead atoms. The largest absolute Gasteiger partial charge is 0.490 e. The molecule has 1 rings (SSSR count). The van der Waals surface area contributed by atoms with Gasteiger partial charge < -0.3 is 19.9 Å². The van der Waals surface area contributed by atoms with Crippen LogP contribution in [-0.4, -0.2) is 39.4 Å². The average Bonchev–Trinajstić information content (AvgIpc) is 2.35. The van der Waals surface area contributed by atoms with E-state index in [1.807, 2.05) is 0 Å². The van der Waals surface area contributed by atoms with Gasteiger partial charge in [0.25, 0.3) is 0 Å². The van der Waals surface area contributed by atoms with Crippen molar-refractivity contribution >= 4 is 17.4 Å². The van der Waals surface area contributed by atoms with Crippen LogP contribution in [0, 0.1) is 5.41 Å². The highest BCUT2D eigenvalue weighted by Gasteiger charge is 2.04. The summed E-state index contributed by atoms with van der Waals surface area (Å²) >= 11 is 6.00. The van der Waals surface area contributed by atoms with Gasteiger partial charge in [-0.2, -0.15) is 0 Å². The molecule has 0 radical (unpaired) electrons. The molecule has 0 saturated carbocycles. The number of rotatable bonds is 8. The quantitative estimate of drug-likeness (QED) is 0.429. The minimum atomic E-state index is -0.0219. The molecule has 0 saturated heterocycles. The lowest BCUT2D eigenvalue weighted by molar-refractivity contribution is 0.0544. The number of nitrogens with two attached hydrogens (primary N) is 1. The van der Waals surface area contributed by atoms with Crippen LogP contribution in [0.5, 0.6) is 5.75 Å². The molecule has 0 amide bonds. The Hall–Kier alpha value is -1.30. The number of halogens is 1. The normalized spacial score (nSPS) is 10.3. The molecule has 0 aliphatic rings. The first-order valence-corrected chi connectivity index (χ1v) is 5.86. The van der Waals surface area contributed by atoms with E-state index >= 15 is 0 Å². The summed E-state index contributed by atoms with van der Waals surface area (Å²) in [5.74, 6) is 0.531. The highest BCUT2D eigenvalue weighted by atomic mass is 35.5. The molecule has 6 heteroatoms. The number of ether oxygens (including phenoxy) is 3. The van der Waals surface area contributed by atoms with Gasteiger partial charge in [-0.15, -0.1) is 0 Å². The van der Waals surface area contributed by atoms with Crippen LogP contribution >= 0.6 is 11.6 Å². The minimum Gasteiger partial charge on any atom is -0.490 e. The molecule has 1 aromatic rings. The Bertz CT molecular complexity index is 399. The van der Waals surface area contributed by atoms with Gasteiger partial charge in [0.2, 0.25) is 0 Å². The van der Waals surface area contributed by atoms with Crippen molar-refractivity contribution < 1.29 is 14.2 Å². The second-order valence-electron chi connectivity index (χ2n) is 3.51. The standard InChI is InChI=1S/C12H17ClN2O3/c1-16-4-5-17-6-7-18-11-3-2-9(12(14)15)8-10(11)13/h2-3,8H,4-7H2,1H3,(H3,14,15). The van der Waals surface area contributed by atoms with Crippen molar-refractivity contribution in [2.24, 2.45) is 5.73 Å². The number of benzene rings is 1. The molecular weight excluding hydrogens is 256 g/mol. The summed E-state index contributed by atoms with van der Waals surface area (Å²) in [6.45, 7) is 1.97. The lowest BCUT2D eigenvalue weighted by Gasteiger charge is -2.09. The van der Waals surface area contributed by atoms with Gasteiger partial charge >= 0.3 is 0 Å². The minimum absolute atomic E-state index is 0.0219. The third-order valence-electron chi connectivity index (χ3n) is 2.16. The SMILES string of the molecule is COCCOCCOc1ccc(C(=N)N)cc1Cl. The van der Waals surface area contributed by atoms with Crippen LogP contribution in [0.4, 0.5) is 0 Å².